The highest BCUT2D eigenvalue weighted by molar-refractivity contribution is 5.93. The number of hydrogen-bond acceptors (Lipinski definition) is 6. The van der Waals surface area contributed by atoms with Crippen LogP contribution < -0.4 is 24.3 Å². The van der Waals surface area contributed by atoms with Gasteiger partial charge in [0.15, 0.2) is 23.0 Å². The van der Waals surface area contributed by atoms with Gasteiger partial charge in [0.05, 0.1) is 34.1 Å². The summed E-state index contributed by atoms with van der Waals surface area (Å²) in [6.07, 6.45) is 2.47. The molecular formula is C35H34N2O5. The third-order valence-electron chi connectivity index (χ3n) is 7.39. The van der Waals surface area contributed by atoms with Crippen molar-refractivity contribution in [2.45, 2.75) is 18.8 Å². The monoisotopic (exact) mass is 562 g/mol. The van der Waals surface area contributed by atoms with E-state index in [1.807, 2.05) is 60.7 Å². The molecular weight excluding hydrogens is 528 g/mol. The maximum Gasteiger partial charge on any atom is 0.225 e. The van der Waals surface area contributed by atoms with Gasteiger partial charge in [-0.3, -0.25) is 9.78 Å². The molecule has 0 fully saturated rings. The number of fused-ring (bicyclic) bond motifs is 1. The van der Waals surface area contributed by atoms with E-state index in [0.717, 1.165) is 33.2 Å². The largest absolute Gasteiger partial charge is 0.493 e. The Hall–Kier alpha value is -5.04. The maximum atomic E-state index is 13.7. The van der Waals surface area contributed by atoms with Crippen molar-refractivity contribution < 1.29 is 23.7 Å². The van der Waals surface area contributed by atoms with Crippen molar-refractivity contribution in [3.05, 3.63) is 120 Å². The molecule has 1 amide bonds. The Morgan fingerprint density at radius 1 is 0.714 bits per heavy atom. The van der Waals surface area contributed by atoms with Crippen LogP contribution >= 0.6 is 0 Å². The van der Waals surface area contributed by atoms with Gasteiger partial charge in [0.1, 0.15) is 0 Å². The van der Waals surface area contributed by atoms with Crippen LogP contribution in [0.15, 0.2) is 97.2 Å². The molecule has 0 saturated heterocycles. The number of pyridine rings is 1. The maximum absolute atomic E-state index is 13.7. The highest BCUT2D eigenvalue weighted by atomic mass is 16.5. The number of carbonyl (C=O) groups excluding carboxylic acids is 1. The van der Waals surface area contributed by atoms with Crippen LogP contribution in [0.3, 0.4) is 0 Å². The Kier molecular flexibility index (Phi) is 8.87. The zero-order valence-corrected chi connectivity index (χ0v) is 24.2. The van der Waals surface area contributed by atoms with E-state index in [0.29, 0.717) is 35.1 Å². The summed E-state index contributed by atoms with van der Waals surface area (Å²) in [4.78, 5) is 18.4. The first-order valence-electron chi connectivity index (χ1n) is 13.7. The number of anilines is 1. The summed E-state index contributed by atoms with van der Waals surface area (Å²) in [5.74, 6) is 2.14. The van der Waals surface area contributed by atoms with Crippen LogP contribution in [0, 0.1) is 0 Å². The fourth-order valence-electron chi connectivity index (χ4n) is 5.25. The summed E-state index contributed by atoms with van der Waals surface area (Å²) >= 11 is 0. The third kappa shape index (κ3) is 6.15. The number of methoxy groups -OCH3 is 4. The summed E-state index contributed by atoms with van der Waals surface area (Å²) in [5.41, 5.74) is 4.46. The van der Waals surface area contributed by atoms with Crippen LogP contribution in [0.4, 0.5) is 5.69 Å². The quantitative estimate of drug-likeness (QED) is 0.186. The second-order valence-electron chi connectivity index (χ2n) is 9.85. The molecule has 7 heteroatoms. The minimum Gasteiger partial charge on any atom is -0.493 e. The smallest absolute Gasteiger partial charge is 0.225 e. The SMILES string of the molecule is COc1cc(Cc2nccc3cc(OC)c(OC)cc23)c(NC(=O)CC(c2ccccc2)c2ccccc2)cc1OC. The van der Waals surface area contributed by atoms with Crippen LogP contribution in [-0.2, 0) is 11.2 Å². The van der Waals surface area contributed by atoms with Crippen molar-refractivity contribution in [2.24, 2.45) is 0 Å². The third-order valence-corrected chi connectivity index (χ3v) is 7.39. The summed E-state index contributed by atoms with van der Waals surface area (Å²) in [6.45, 7) is 0. The molecule has 0 aliphatic rings. The Bertz CT molecular complexity index is 1630. The molecule has 0 aliphatic carbocycles. The lowest BCUT2D eigenvalue weighted by Crippen LogP contribution is -2.18. The van der Waals surface area contributed by atoms with Crippen LogP contribution in [-0.4, -0.2) is 39.3 Å². The molecule has 0 radical (unpaired) electrons. The second-order valence-corrected chi connectivity index (χ2v) is 9.85. The van der Waals surface area contributed by atoms with Gasteiger partial charge in [0.2, 0.25) is 5.91 Å². The van der Waals surface area contributed by atoms with E-state index >= 15 is 0 Å². The fourth-order valence-corrected chi connectivity index (χ4v) is 5.25. The number of ether oxygens (including phenoxy) is 4. The van der Waals surface area contributed by atoms with Crippen molar-refractivity contribution in [1.82, 2.24) is 4.98 Å². The highest BCUT2D eigenvalue weighted by Gasteiger charge is 2.21. The molecule has 0 saturated carbocycles. The number of nitrogens with zero attached hydrogens (tertiary/aromatic N) is 1. The van der Waals surface area contributed by atoms with E-state index in [-0.39, 0.29) is 18.2 Å². The van der Waals surface area contributed by atoms with E-state index in [1.165, 1.54) is 0 Å². The van der Waals surface area contributed by atoms with Gasteiger partial charge >= 0.3 is 0 Å². The second kappa shape index (κ2) is 13.1. The average molecular weight is 563 g/mol. The van der Waals surface area contributed by atoms with Crippen molar-refractivity contribution in [3.8, 4) is 23.0 Å². The molecule has 214 valence electrons. The lowest BCUT2D eigenvalue weighted by Gasteiger charge is -2.20. The average Bonchev–Trinajstić information content (AvgIpc) is 3.04. The summed E-state index contributed by atoms with van der Waals surface area (Å²) in [7, 11) is 6.40. The summed E-state index contributed by atoms with van der Waals surface area (Å²) in [6, 6.07) is 29.7. The van der Waals surface area contributed by atoms with Gasteiger partial charge in [-0.2, -0.15) is 0 Å². The van der Waals surface area contributed by atoms with E-state index in [1.54, 1.807) is 40.7 Å². The number of aromatic nitrogens is 1. The highest BCUT2D eigenvalue weighted by Crippen LogP contribution is 2.38. The number of benzene rings is 4. The van der Waals surface area contributed by atoms with Crippen molar-refractivity contribution in [3.63, 3.8) is 0 Å². The van der Waals surface area contributed by atoms with Gasteiger partial charge < -0.3 is 24.3 Å². The van der Waals surface area contributed by atoms with Gasteiger partial charge in [0, 0.05) is 42.1 Å². The van der Waals surface area contributed by atoms with Gasteiger partial charge in [0.25, 0.3) is 0 Å². The van der Waals surface area contributed by atoms with Gasteiger partial charge in [-0.15, -0.1) is 0 Å². The molecule has 0 spiro atoms. The van der Waals surface area contributed by atoms with Crippen LogP contribution in [0.2, 0.25) is 0 Å². The lowest BCUT2D eigenvalue weighted by atomic mass is 9.88. The number of nitrogens with one attached hydrogen (secondary N) is 1. The molecule has 0 bridgehead atoms. The fraction of sp³-hybridized carbons (Fsp3) is 0.200. The molecule has 5 aromatic rings. The predicted octanol–water partition coefficient (Wildman–Crippen LogP) is 7.02. The van der Waals surface area contributed by atoms with Gasteiger partial charge in [-0.25, -0.2) is 0 Å². The first-order valence-corrected chi connectivity index (χ1v) is 13.7. The van der Waals surface area contributed by atoms with Crippen molar-refractivity contribution in [2.75, 3.05) is 33.8 Å². The zero-order chi connectivity index (χ0) is 29.5. The minimum absolute atomic E-state index is 0.0989. The van der Waals surface area contributed by atoms with Gasteiger partial charge in [-0.05, 0) is 46.3 Å². The summed E-state index contributed by atoms with van der Waals surface area (Å²) in [5, 5.41) is 5.06. The van der Waals surface area contributed by atoms with Gasteiger partial charge in [-0.1, -0.05) is 60.7 Å². The molecule has 0 aliphatic heterocycles. The molecule has 4 aromatic carbocycles. The molecule has 1 heterocycles. The van der Waals surface area contributed by atoms with Crippen molar-refractivity contribution >= 4 is 22.4 Å². The lowest BCUT2D eigenvalue weighted by molar-refractivity contribution is -0.116. The topological polar surface area (TPSA) is 78.9 Å². The minimum atomic E-state index is -0.113. The molecule has 0 unspecified atom stereocenters. The number of rotatable bonds is 11. The van der Waals surface area contributed by atoms with Crippen LogP contribution in [0.25, 0.3) is 10.8 Å². The first-order chi connectivity index (χ1) is 20.5. The Balaban J connectivity index is 1.50. The molecule has 0 atom stereocenters. The first kappa shape index (κ1) is 28.5. The normalized spacial score (nSPS) is 10.9. The zero-order valence-electron chi connectivity index (χ0n) is 24.2. The number of amides is 1. The molecule has 7 nitrogen and oxygen atoms in total. The van der Waals surface area contributed by atoms with Crippen LogP contribution in [0.1, 0.15) is 34.7 Å². The Labute approximate surface area is 246 Å². The molecule has 1 aromatic heterocycles. The standard InChI is InChI=1S/C35H34N2O5/c1-39-31-18-25-15-16-36-30(28(25)20-33(31)41-3)17-26-19-32(40-2)34(42-4)22-29(26)37-35(38)21-27(23-11-7-5-8-12-23)24-13-9-6-10-14-24/h5-16,18-20,22,27H,17,21H2,1-4H3,(H,37,38). The van der Waals surface area contributed by atoms with E-state index in [2.05, 4.69) is 29.6 Å². The van der Waals surface area contributed by atoms with Crippen molar-refractivity contribution in [1.29, 1.82) is 0 Å². The molecule has 5 rings (SSSR count). The summed E-state index contributed by atoms with van der Waals surface area (Å²) < 4.78 is 22.3. The Morgan fingerprint density at radius 2 is 1.26 bits per heavy atom. The van der Waals surface area contributed by atoms with E-state index < -0.39 is 0 Å². The number of carbonyl (C=O) groups is 1. The predicted molar refractivity (Wildman–Crippen MR) is 165 cm³/mol. The Morgan fingerprint density at radius 3 is 1.86 bits per heavy atom. The number of hydrogen-bond donors (Lipinski definition) is 1. The molecule has 42 heavy (non-hydrogen) atoms. The molecule has 1 N–H and O–H groups in total. The van der Waals surface area contributed by atoms with E-state index in [9.17, 15) is 4.79 Å². The van der Waals surface area contributed by atoms with Crippen LogP contribution in [0.5, 0.6) is 23.0 Å². The van der Waals surface area contributed by atoms with E-state index in [4.69, 9.17) is 23.9 Å².